The predicted molar refractivity (Wildman–Crippen MR) is 113 cm³/mol. The number of allylic oxidation sites excluding steroid dienone is 2. The molecule has 7 nitrogen and oxygen atoms in total. The number of nitrogens with zero attached hydrogens (tertiary/aromatic N) is 3. The standard InChI is InChI=1S/C19H27BN6O/c1-3-26(20(2)27)15-5-4-10-25(13-15)17-7-9-23-19-18(17)16(12-24-19)14(11-22)6-8-21/h6-9,11-12,15,21-22,27H,3-5,10,13H2,1-2H3,(H,23,24)/b14-6+,21-8?,22-11?/t15-/m0/s1. The molecule has 0 amide bonds. The molecule has 3 rings (SSSR count). The summed E-state index contributed by atoms with van der Waals surface area (Å²) in [6, 6.07) is 2.32. The van der Waals surface area contributed by atoms with Gasteiger partial charge in [0.15, 0.2) is 0 Å². The Hall–Kier alpha value is -2.45. The predicted octanol–water partition coefficient (Wildman–Crippen LogP) is 2.65. The number of H-pyrrole nitrogens is 1. The van der Waals surface area contributed by atoms with Crippen molar-refractivity contribution in [1.29, 1.82) is 10.8 Å². The fourth-order valence-electron chi connectivity index (χ4n) is 4.11. The zero-order valence-electron chi connectivity index (χ0n) is 15.9. The van der Waals surface area contributed by atoms with E-state index in [4.69, 9.17) is 10.8 Å². The summed E-state index contributed by atoms with van der Waals surface area (Å²) in [4.78, 5) is 12.1. The number of pyridine rings is 1. The van der Waals surface area contributed by atoms with Crippen molar-refractivity contribution in [2.24, 2.45) is 0 Å². The number of fused-ring (bicyclic) bond motifs is 1. The molecule has 0 unspecified atom stereocenters. The molecule has 0 saturated carbocycles. The van der Waals surface area contributed by atoms with Gasteiger partial charge in [0.25, 0.3) is 0 Å². The van der Waals surface area contributed by atoms with Crippen molar-refractivity contribution in [3.63, 3.8) is 0 Å². The summed E-state index contributed by atoms with van der Waals surface area (Å²) in [5.74, 6) is 0. The number of aromatic amines is 1. The Morgan fingerprint density at radius 3 is 3.00 bits per heavy atom. The summed E-state index contributed by atoms with van der Waals surface area (Å²) in [6.07, 6.45) is 9.89. The summed E-state index contributed by atoms with van der Waals surface area (Å²) in [5.41, 5.74) is 3.43. The molecule has 0 radical (unpaired) electrons. The number of anilines is 1. The van der Waals surface area contributed by atoms with Crippen LogP contribution in [0.4, 0.5) is 5.69 Å². The van der Waals surface area contributed by atoms with Crippen LogP contribution in [-0.4, -0.2) is 65.0 Å². The third kappa shape index (κ3) is 3.82. The van der Waals surface area contributed by atoms with Gasteiger partial charge in [-0.05, 0) is 38.4 Å². The van der Waals surface area contributed by atoms with Crippen LogP contribution in [0.1, 0.15) is 25.3 Å². The fourth-order valence-corrected chi connectivity index (χ4v) is 4.11. The molecule has 0 aliphatic carbocycles. The zero-order chi connectivity index (χ0) is 19.4. The van der Waals surface area contributed by atoms with E-state index in [1.54, 1.807) is 12.3 Å². The van der Waals surface area contributed by atoms with Crippen LogP contribution in [-0.2, 0) is 0 Å². The molecule has 142 valence electrons. The number of aromatic nitrogens is 2. The molecule has 0 spiro atoms. The molecule has 1 saturated heterocycles. The zero-order valence-corrected chi connectivity index (χ0v) is 15.9. The van der Waals surface area contributed by atoms with Crippen LogP contribution in [0, 0.1) is 10.8 Å². The van der Waals surface area contributed by atoms with Gasteiger partial charge < -0.3 is 30.5 Å². The Morgan fingerprint density at radius 1 is 1.52 bits per heavy atom. The second-order valence-corrected chi connectivity index (χ2v) is 6.89. The molecular formula is C19H27BN6O. The lowest BCUT2D eigenvalue weighted by atomic mass is 9.81. The van der Waals surface area contributed by atoms with E-state index in [0.29, 0.717) is 11.6 Å². The van der Waals surface area contributed by atoms with Crippen LogP contribution < -0.4 is 4.90 Å². The van der Waals surface area contributed by atoms with E-state index in [-0.39, 0.29) is 0 Å². The third-order valence-corrected chi connectivity index (χ3v) is 5.33. The molecule has 0 bridgehead atoms. The normalized spacial score (nSPS) is 18.1. The molecule has 27 heavy (non-hydrogen) atoms. The minimum Gasteiger partial charge on any atom is -0.437 e. The number of hydrogen-bond acceptors (Lipinski definition) is 6. The van der Waals surface area contributed by atoms with Gasteiger partial charge in [-0.25, -0.2) is 4.98 Å². The molecule has 1 atom stereocenters. The highest BCUT2D eigenvalue weighted by molar-refractivity contribution is 6.45. The lowest BCUT2D eigenvalue weighted by molar-refractivity contribution is 0.262. The maximum atomic E-state index is 10.1. The Morgan fingerprint density at radius 2 is 2.33 bits per heavy atom. The molecule has 2 aromatic rings. The smallest absolute Gasteiger partial charge is 0.376 e. The van der Waals surface area contributed by atoms with Crippen LogP contribution in [0.25, 0.3) is 16.6 Å². The summed E-state index contributed by atoms with van der Waals surface area (Å²) in [6.45, 7) is 6.52. The molecule has 4 N–H and O–H groups in total. The quantitative estimate of drug-likeness (QED) is 0.447. The maximum Gasteiger partial charge on any atom is 0.376 e. The SMILES string of the molecule is CCN(B(C)O)[C@H]1CCCN(c2ccnc3[nH]cc(/C(C=N)=C/C=N)c23)C1. The Bertz CT molecular complexity index is 846. The summed E-state index contributed by atoms with van der Waals surface area (Å²) in [7, 11) is -0.458. The highest BCUT2D eigenvalue weighted by Gasteiger charge is 2.29. The molecule has 3 heterocycles. The fraction of sp³-hybridized carbons (Fsp3) is 0.421. The topological polar surface area (TPSA) is 103 Å². The van der Waals surface area contributed by atoms with Crippen LogP contribution in [0.5, 0.6) is 0 Å². The van der Waals surface area contributed by atoms with Crippen molar-refractivity contribution in [1.82, 2.24) is 14.8 Å². The average molecular weight is 366 g/mol. The van der Waals surface area contributed by atoms with Crippen molar-refractivity contribution in [3.05, 3.63) is 30.1 Å². The molecule has 1 aliphatic heterocycles. The summed E-state index contributed by atoms with van der Waals surface area (Å²) < 4.78 is 0. The molecular weight excluding hydrogens is 339 g/mol. The highest BCUT2D eigenvalue weighted by Crippen LogP contribution is 2.33. The Labute approximate surface area is 160 Å². The van der Waals surface area contributed by atoms with Crippen LogP contribution in [0.2, 0.25) is 6.82 Å². The van der Waals surface area contributed by atoms with Crippen LogP contribution >= 0.6 is 0 Å². The van der Waals surface area contributed by atoms with Gasteiger partial charge in [0, 0.05) is 66.2 Å². The van der Waals surface area contributed by atoms with Crippen molar-refractivity contribution < 1.29 is 5.02 Å². The average Bonchev–Trinajstić information content (AvgIpc) is 3.10. The molecule has 2 aromatic heterocycles. The van der Waals surface area contributed by atoms with Gasteiger partial charge >= 0.3 is 7.05 Å². The van der Waals surface area contributed by atoms with E-state index in [9.17, 15) is 5.02 Å². The number of rotatable bonds is 7. The summed E-state index contributed by atoms with van der Waals surface area (Å²) in [5, 5.41) is 26.2. The lowest BCUT2D eigenvalue weighted by Crippen LogP contribution is -2.52. The first-order chi connectivity index (χ1) is 13.1. The van der Waals surface area contributed by atoms with Crippen LogP contribution in [0.15, 0.2) is 24.5 Å². The number of nitrogens with one attached hydrogen (secondary N) is 3. The Balaban J connectivity index is 2.01. The lowest BCUT2D eigenvalue weighted by Gasteiger charge is -2.41. The molecule has 0 aromatic carbocycles. The number of piperidine rings is 1. The van der Waals surface area contributed by atoms with Gasteiger partial charge in [-0.3, -0.25) is 0 Å². The first-order valence-corrected chi connectivity index (χ1v) is 9.47. The number of likely N-dealkylation sites (N-methyl/N-ethyl adjacent to an activating group) is 1. The van der Waals surface area contributed by atoms with E-state index in [1.165, 1.54) is 12.4 Å². The van der Waals surface area contributed by atoms with Gasteiger partial charge in [-0.1, -0.05) is 6.92 Å². The highest BCUT2D eigenvalue weighted by atomic mass is 16.2. The van der Waals surface area contributed by atoms with Crippen LogP contribution in [0.3, 0.4) is 0 Å². The molecule has 1 aliphatic rings. The largest absolute Gasteiger partial charge is 0.437 e. The minimum absolute atomic E-state index is 0.300. The van der Waals surface area contributed by atoms with E-state index in [1.807, 2.05) is 19.1 Å². The van der Waals surface area contributed by atoms with Crippen molar-refractivity contribution >= 4 is 41.8 Å². The van der Waals surface area contributed by atoms with E-state index >= 15 is 0 Å². The maximum absolute atomic E-state index is 10.1. The van der Waals surface area contributed by atoms with Crippen molar-refractivity contribution in [3.8, 4) is 0 Å². The third-order valence-electron chi connectivity index (χ3n) is 5.33. The first-order valence-electron chi connectivity index (χ1n) is 9.47. The van der Waals surface area contributed by atoms with Gasteiger partial charge in [-0.15, -0.1) is 0 Å². The number of hydrogen-bond donors (Lipinski definition) is 4. The van der Waals surface area contributed by atoms with E-state index < -0.39 is 7.05 Å². The second-order valence-electron chi connectivity index (χ2n) is 6.89. The first kappa shape index (κ1) is 19.3. The molecule has 1 fully saturated rings. The van der Waals surface area contributed by atoms with Gasteiger partial charge in [0.2, 0.25) is 0 Å². The van der Waals surface area contributed by atoms with Crippen molar-refractivity contribution in [2.45, 2.75) is 32.6 Å². The second kappa shape index (κ2) is 8.50. The van der Waals surface area contributed by atoms with Crippen molar-refractivity contribution in [2.75, 3.05) is 24.5 Å². The van der Waals surface area contributed by atoms with Gasteiger partial charge in [-0.2, -0.15) is 0 Å². The monoisotopic (exact) mass is 366 g/mol. The Kier molecular flexibility index (Phi) is 6.08. The summed E-state index contributed by atoms with van der Waals surface area (Å²) >= 11 is 0. The van der Waals surface area contributed by atoms with E-state index in [0.717, 1.165) is 54.8 Å². The van der Waals surface area contributed by atoms with Gasteiger partial charge in [0.1, 0.15) is 5.65 Å². The van der Waals surface area contributed by atoms with Gasteiger partial charge in [0.05, 0.1) is 0 Å². The van der Waals surface area contributed by atoms with E-state index in [2.05, 4.69) is 26.6 Å². The minimum atomic E-state index is -0.458. The molecule has 8 heteroatoms.